The number of rotatable bonds is 5. The second-order valence-corrected chi connectivity index (χ2v) is 3.14. The van der Waals surface area contributed by atoms with Crippen LogP contribution < -0.4 is 5.48 Å². The van der Waals surface area contributed by atoms with E-state index in [4.69, 9.17) is 4.84 Å². The van der Waals surface area contributed by atoms with Crippen LogP contribution in [0.1, 0.15) is 13.3 Å². The lowest BCUT2D eigenvalue weighted by Gasteiger charge is -2.13. The summed E-state index contributed by atoms with van der Waals surface area (Å²) in [7, 11) is 1.53. The fourth-order valence-corrected chi connectivity index (χ4v) is 1.44. The van der Waals surface area contributed by atoms with Crippen LogP contribution in [0.5, 0.6) is 0 Å². The van der Waals surface area contributed by atoms with Crippen molar-refractivity contribution in [3.05, 3.63) is 25.3 Å². The molecule has 0 unspecified atom stereocenters. The van der Waals surface area contributed by atoms with Gasteiger partial charge in [0.05, 0.1) is 12.8 Å². The Bertz CT molecular complexity index is 473. The van der Waals surface area contributed by atoms with Gasteiger partial charge in [0, 0.05) is 0 Å². The molecular weight excluding hydrogens is 222 g/mol. The van der Waals surface area contributed by atoms with Crippen molar-refractivity contribution in [1.82, 2.24) is 35.0 Å². The van der Waals surface area contributed by atoms with Crippen LogP contribution in [0.25, 0.3) is 11.5 Å². The molecule has 8 nitrogen and oxygen atoms in total. The van der Waals surface area contributed by atoms with E-state index in [1.807, 2.05) is 6.92 Å². The lowest BCUT2D eigenvalue weighted by atomic mass is 10.3. The van der Waals surface area contributed by atoms with E-state index in [1.54, 1.807) is 22.0 Å². The van der Waals surface area contributed by atoms with E-state index in [-0.39, 0.29) is 0 Å². The van der Waals surface area contributed by atoms with Crippen LogP contribution in [-0.2, 0) is 4.84 Å². The molecule has 0 saturated carbocycles. The number of nitrogens with one attached hydrogen (secondary N) is 1. The zero-order chi connectivity index (χ0) is 12.1. The summed E-state index contributed by atoms with van der Waals surface area (Å²) < 4.78 is 3.23. The van der Waals surface area contributed by atoms with Crippen molar-refractivity contribution in [3.63, 3.8) is 0 Å². The minimum Gasteiger partial charge on any atom is -0.278 e. The smallest absolute Gasteiger partial charge is 0.174 e. The number of hydrogen-bond donors (Lipinski definition) is 1. The van der Waals surface area contributed by atoms with E-state index < -0.39 is 0 Å². The fourth-order valence-electron chi connectivity index (χ4n) is 1.44. The summed E-state index contributed by atoms with van der Waals surface area (Å²) in [5.74, 6) is 0.651. The third kappa shape index (κ3) is 2.31. The molecule has 0 amide bonds. The molecule has 1 N–H and O–H groups in total. The molecule has 0 saturated heterocycles. The number of allylic oxidation sites excluding steroid dienone is 1. The van der Waals surface area contributed by atoms with Crippen molar-refractivity contribution < 1.29 is 4.84 Å². The predicted molar refractivity (Wildman–Crippen MR) is 59.9 cm³/mol. The molecule has 0 atom stereocenters. The van der Waals surface area contributed by atoms with Gasteiger partial charge in [0.25, 0.3) is 0 Å². The highest BCUT2D eigenvalue weighted by atomic mass is 16.6. The molecule has 2 aromatic heterocycles. The average Bonchev–Trinajstić information content (AvgIpc) is 3.02. The topological polar surface area (TPSA) is 82.7 Å². The minimum atomic E-state index is 0.651. The van der Waals surface area contributed by atoms with Crippen LogP contribution in [0, 0.1) is 0 Å². The number of nitrogens with zero attached hydrogens (tertiary/aromatic N) is 6. The molecule has 90 valence electrons. The van der Waals surface area contributed by atoms with Crippen molar-refractivity contribution in [3.8, 4) is 0 Å². The summed E-state index contributed by atoms with van der Waals surface area (Å²) in [5.41, 5.74) is 3.65. The average molecular weight is 235 g/mol. The molecule has 0 fully saturated rings. The van der Waals surface area contributed by atoms with E-state index in [0.29, 0.717) is 5.82 Å². The summed E-state index contributed by atoms with van der Waals surface area (Å²) >= 11 is 0. The first kappa shape index (κ1) is 11.3. The number of aromatic nitrogens is 6. The van der Waals surface area contributed by atoms with Gasteiger partial charge in [0.15, 0.2) is 5.82 Å². The minimum absolute atomic E-state index is 0.651. The van der Waals surface area contributed by atoms with E-state index in [1.165, 1.54) is 19.8 Å². The standard InChI is InChI=1S/C9H13N7O/c1-3-8(15-6-10-4-12-15)9(14-17-2)16-7-11-5-13-16/h4-7,14H,3H2,1-2H3/b9-8-. The Morgan fingerprint density at radius 1 is 1.18 bits per heavy atom. The van der Waals surface area contributed by atoms with Crippen molar-refractivity contribution in [2.45, 2.75) is 13.3 Å². The first-order valence-corrected chi connectivity index (χ1v) is 5.09. The largest absolute Gasteiger partial charge is 0.278 e. The van der Waals surface area contributed by atoms with Gasteiger partial charge in [-0.2, -0.15) is 10.2 Å². The van der Waals surface area contributed by atoms with E-state index >= 15 is 0 Å². The van der Waals surface area contributed by atoms with Crippen LogP contribution in [0.3, 0.4) is 0 Å². The van der Waals surface area contributed by atoms with Gasteiger partial charge < -0.3 is 0 Å². The van der Waals surface area contributed by atoms with Crippen molar-refractivity contribution in [1.29, 1.82) is 0 Å². The van der Waals surface area contributed by atoms with E-state index in [2.05, 4.69) is 25.6 Å². The lowest BCUT2D eigenvalue weighted by Crippen LogP contribution is -2.20. The maximum atomic E-state index is 4.95. The molecule has 2 rings (SSSR count). The first-order valence-electron chi connectivity index (χ1n) is 5.09. The van der Waals surface area contributed by atoms with Gasteiger partial charge in [0.1, 0.15) is 25.3 Å². The second-order valence-electron chi connectivity index (χ2n) is 3.14. The SMILES string of the molecule is CC/C(=C(\NOC)n1cncn1)n1cncn1. The second kappa shape index (κ2) is 5.21. The summed E-state index contributed by atoms with van der Waals surface area (Å²) in [4.78, 5) is 12.8. The Balaban J connectivity index is 2.47. The Labute approximate surface area is 97.9 Å². The molecule has 0 spiro atoms. The predicted octanol–water partition coefficient (Wildman–Crippen LogP) is 0.214. The Morgan fingerprint density at radius 2 is 1.82 bits per heavy atom. The highest BCUT2D eigenvalue weighted by Crippen LogP contribution is 2.14. The molecule has 0 aliphatic carbocycles. The highest BCUT2D eigenvalue weighted by molar-refractivity contribution is 5.68. The molecular formula is C9H13N7O. The zero-order valence-electron chi connectivity index (χ0n) is 9.61. The summed E-state index contributed by atoms with van der Waals surface area (Å²) in [6.45, 7) is 2.01. The normalized spacial score (nSPS) is 12.4. The van der Waals surface area contributed by atoms with Gasteiger partial charge in [-0.3, -0.25) is 4.84 Å². The molecule has 17 heavy (non-hydrogen) atoms. The summed E-state index contributed by atoms with van der Waals surface area (Å²) in [6.07, 6.45) is 6.85. The lowest BCUT2D eigenvalue weighted by molar-refractivity contribution is 0.131. The highest BCUT2D eigenvalue weighted by Gasteiger charge is 2.11. The fraction of sp³-hybridized carbons (Fsp3) is 0.333. The van der Waals surface area contributed by atoms with E-state index in [0.717, 1.165) is 12.1 Å². The molecule has 0 aliphatic rings. The van der Waals surface area contributed by atoms with Gasteiger partial charge in [-0.25, -0.2) is 24.8 Å². The quantitative estimate of drug-likeness (QED) is 0.746. The Morgan fingerprint density at radius 3 is 2.29 bits per heavy atom. The van der Waals surface area contributed by atoms with Crippen LogP contribution in [0.4, 0.5) is 0 Å². The monoisotopic (exact) mass is 235 g/mol. The van der Waals surface area contributed by atoms with Crippen molar-refractivity contribution in [2.24, 2.45) is 0 Å². The van der Waals surface area contributed by atoms with Gasteiger partial charge in [-0.05, 0) is 6.42 Å². The first-order chi connectivity index (χ1) is 8.36. The number of hydroxylamine groups is 1. The van der Waals surface area contributed by atoms with Gasteiger partial charge in [-0.15, -0.1) is 0 Å². The van der Waals surface area contributed by atoms with E-state index in [9.17, 15) is 0 Å². The number of hydrogen-bond acceptors (Lipinski definition) is 6. The van der Waals surface area contributed by atoms with Gasteiger partial charge in [-0.1, -0.05) is 6.92 Å². The van der Waals surface area contributed by atoms with Crippen LogP contribution in [0.2, 0.25) is 0 Å². The summed E-state index contributed by atoms with van der Waals surface area (Å²) in [5, 5.41) is 8.15. The molecule has 2 aromatic rings. The Kier molecular flexibility index (Phi) is 3.46. The van der Waals surface area contributed by atoms with Gasteiger partial charge in [0.2, 0.25) is 0 Å². The maximum Gasteiger partial charge on any atom is 0.174 e. The molecule has 0 aromatic carbocycles. The van der Waals surface area contributed by atoms with Crippen LogP contribution >= 0.6 is 0 Å². The van der Waals surface area contributed by atoms with Crippen LogP contribution in [-0.4, -0.2) is 36.6 Å². The molecule has 0 bridgehead atoms. The third-order valence-corrected chi connectivity index (χ3v) is 2.15. The third-order valence-electron chi connectivity index (χ3n) is 2.15. The van der Waals surface area contributed by atoms with Crippen LogP contribution in [0.15, 0.2) is 25.3 Å². The maximum absolute atomic E-state index is 4.95. The molecule has 2 heterocycles. The van der Waals surface area contributed by atoms with Crippen molar-refractivity contribution in [2.75, 3.05) is 7.11 Å². The zero-order valence-corrected chi connectivity index (χ0v) is 9.61. The van der Waals surface area contributed by atoms with Gasteiger partial charge >= 0.3 is 0 Å². The summed E-state index contributed by atoms with van der Waals surface area (Å²) in [6, 6.07) is 0. The Hall–Kier alpha value is -2.22. The molecule has 0 aliphatic heterocycles. The molecule has 8 heteroatoms. The van der Waals surface area contributed by atoms with Crippen molar-refractivity contribution >= 4 is 11.5 Å². The molecule has 0 radical (unpaired) electrons.